The van der Waals surface area contributed by atoms with Crippen LogP contribution in [0.1, 0.15) is 6.92 Å². The Morgan fingerprint density at radius 3 is 2.50 bits per heavy atom. The van der Waals surface area contributed by atoms with Gasteiger partial charge in [0.15, 0.2) is 11.5 Å². The molecule has 2 N–H and O–H groups in total. The number of hydrogen-bond acceptors (Lipinski definition) is 2. The molecule has 0 aliphatic carbocycles. The molecule has 1 aromatic rings. The summed E-state index contributed by atoms with van der Waals surface area (Å²) in [6, 6.07) is 10.3. The summed E-state index contributed by atoms with van der Waals surface area (Å²) in [7, 11) is 2.09. The number of nitrogens with two attached hydrogens (primary N) is 1. The molecule has 0 radical (unpaired) electrons. The van der Waals surface area contributed by atoms with Crippen molar-refractivity contribution in [3.63, 3.8) is 0 Å². The van der Waals surface area contributed by atoms with Gasteiger partial charge < -0.3 is 5.73 Å². The first kappa shape index (κ1) is 9.21. The minimum absolute atomic E-state index is 0.375. The fourth-order valence-electron chi connectivity index (χ4n) is 1.93. The monoisotopic (exact) mass is 190 g/mol. The summed E-state index contributed by atoms with van der Waals surface area (Å²) in [4.78, 5) is 0. The van der Waals surface area contributed by atoms with Gasteiger partial charge in [-0.1, -0.05) is 23.3 Å². The van der Waals surface area contributed by atoms with Crippen LogP contribution in [-0.2, 0) is 0 Å². The van der Waals surface area contributed by atoms with Crippen molar-refractivity contribution < 1.29 is 0 Å². The van der Waals surface area contributed by atoms with Crippen molar-refractivity contribution in [2.75, 3.05) is 13.6 Å². The van der Waals surface area contributed by atoms with Gasteiger partial charge in [0.1, 0.15) is 6.54 Å². The van der Waals surface area contributed by atoms with Gasteiger partial charge >= 0.3 is 0 Å². The lowest BCUT2D eigenvalue weighted by atomic mass is 10.1. The predicted octanol–water partition coefficient (Wildman–Crippen LogP) is 1.55. The zero-order chi connectivity index (χ0) is 10.2. The van der Waals surface area contributed by atoms with Crippen LogP contribution in [0.15, 0.2) is 35.4 Å². The number of amidine groups is 1. The first-order valence-electron chi connectivity index (χ1n) is 4.88. The highest BCUT2D eigenvalue weighted by molar-refractivity contribution is 5.85. The van der Waals surface area contributed by atoms with E-state index in [0.29, 0.717) is 10.5 Å². The number of benzene rings is 1. The normalized spacial score (nSPS) is 31.6. The van der Waals surface area contributed by atoms with Gasteiger partial charge in [0.05, 0.1) is 13.0 Å². The third-order valence-corrected chi connectivity index (χ3v) is 2.78. The molecular formula is C11H16N3+. The van der Waals surface area contributed by atoms with Crippen molar-refractivity contribution in [3.05, 3.63) is 30.3 Å². The molecule has 0 bridgehead atoms. The Balaban J connectivity index is 2.37. The molecular weight excluding hydrogens is 174 g/mol. The molecule has 3 heteroatoms. The van der Waals surface area contributed by atoms with E-state index in [4.69, 9.17) is 5.73 Å². The second-order valence-electron chi connectivity index (χ2n) is 4.08. The summed E-state index contributed by atoms with van der Waals surface area (Å²) in [5.74, 6) is 1.14. The number of quaternary nitrogens is 1. The van der Waals surface area contributed by atoms with Crippen LogP contribution in [0.4, 0.5) is 5.69 Å². The largest absolute Gasteiger partial charge is 0.382 e. The molecule has 0 amide bonds. The van der Waals surface area contributed by atoms with Crippen molar-refractivity contribution in [2.24, 2.45) is 16.8 Å². The van der Waals surface area contributed by atoms with Crippen molar-refractivity contribution in [1.29, 1.82) is 0 Å². The molecule has 0 spiro atoms. The van der Waals surface area contributed by atoms with E-state index in [2.05, 4.69) is 31.2 Å². The summed E-state index contributed by atoms with van der Waals surface area (Å²) in [5.41, 5.74) is 7.02. The molecule has 3 nitrogen and oxygen atoms in total. The smallest absolute Gasteiger partial charge is 0.164 e. The van der Waals surface area contributed by atoms with Gasteiger partial charge in [-0.15, -0.1) is 0 Å². The fraction of sp³-hybridized carbons (Fsp3) is 0.364. The molecule has 1 aliphatic heterocycles. The molecule has 1 aliphatic rings. The zero-order valence-electron chi connectivity index (χ0n) is 8.64. The van der Waals surface area contributed by atoms with E-state index in [1.54, 1.807) is 0 Å². The molecule has 0 saturated carbocycles. The quantitative estimate of drug-likeness (QED) is 0.670. The topological polar surface area (TPSA) is 38.4 Å². The molecule has 2 atom stereocenters. The second kappa shape index (κ2) is 3.10. The van der Waals surface area contributed by atoms with Gasteiger partial charge in [-0.25, -0.2) is 0 Å². The highest BCUT2D eigenvalue weighted by Gasteiger charge is 2.36. The highest BCUT2D eigenvalue weighted by atomic mass is 15.6. The summed E-state index contributed by atoms with van der Waals surface area (Å²) in [6.07, 6.45) is 0. The average molecular weight is 190 g/mol. The van der Waals surface area contributed by atoms with Crippen molar-refractivity contribution in [3.8, 4) is 0 Å². The summed E-state index contributed by atoms with van der Waals surface area (Å²) in [6.45, 7) is 3.07. The number of hydrogen-bond donors (Lipinski definition) is 1. The van der Waals surface area contributed by atoms with Gasteiger partial charge in [0, 0.05) is 12.1 Å². The van der Waals surface area contributed by atoms with E-state index in [0.717, 1.165) is 12.4 Å². The van der Waals surface area contributed by atoms with Crippen LogP contribution in [0.3, 0.4) is 0 Å². The summed E-state index contributed by atoms with van der Waals surface area (Å²) in [5, 5.41) is 4.50. The lowest BCUT2D eigenvalue weighted by Crippen LogP contribution is -2.38. The van der Waals surface area contributed by atoms with Crippen LogP contribution < -0.4 is 10.3 Å². The maximum Gasteiger partial charge on any atom is 0.164 e. The Labute approximate surface area is 84.4 Å². The Hall–Kier alpha value is -1.35. The average Bonchev–Trinajstić information content (AvgIpc) is 2.44. The van der Waals surface area contributed by atoms with Gasteiger partial charge in [-0.3, -0.25) is 0 Å². The SMILES string of the molecule is CC1C[N+](C)(c2ccccc2)N=C1N. The first-order chi connectivity index (χ1) is 6.62. The minimum atomic E-state index is 0.375. The first-order valence-corrected chi connectivity index (χ1v) is 4.88. The van der Waals surface area contributed by atoms with Crippen LogP contribution >= 0.6 is 0 Å². The Bertz CT molecular complexity index is 358. The van der Waals surface area contributed by atoms with E-state index < -0.39 is 0 Å². The number of nitrogens with zero attached hydrogens (tertiary/aromatic N) is 2. The lowest BCUT2D eigenvalue weighted by Gasteiger charge is -2.22. The van der Waals surface area contributed by atoms with E-state index in [1.807, 2.05) is 18.2 Å². The van der Waals surface area contributed by atoms with E-state index in [-0.39, 0.29) is 0 Å². The number of rotatable bonds is 1. The van der Waals surface area contributed by atoms with Gasteiger partial charge in [-0.2, -0.15) is 4.59 Å². The van der Waals surface area contributed by atoms with E-state index in [9.17, 15) is 0 Å². The molecule has 74 valence electrons. The lowest BCUT2D eigenvalue weighted by molar-refractivity contribution is 0.360. The van der Waals surface area contributed by atoms with E-state index in [1.165, 1.54) is 5.69 Å². The Kier molecular flexibility index (Phi) is 2.04. The van der Waals surface area contributed by atoms with Crippen LogP contribution in [0, 0.1) is 5.92 Å². The van der Waals surface area contributed by atoms with Gasteiger partial charge in [0.2, 0.25) is 0 Å². The van der Waals surface area contributed by atoms with Crippen LogP contribution in [0.2, 0.25) is 0 Å². The molecule has 0 saturated heterocycles. The third-order valence-electron chi connectivity index (χ3n) is 2.78. The zero-order valence-corrected chi connectivity index (χ0v) is 8.64. The van der Waals surface area contributed by atoms with Crippen molar-refractivity contribution in [1.82, 2.24) is 4.59 Å². The molecule has 1 aromatic carbocycles. The second-order valence-corrected chi connectivity index (χ2v) is 4.08. The van der Waals surface area contributed by atoms with E-state index >= 15 is 0 Å². The standard InChI is InChI=1S/C11H16N3/c1-9-8-14(2,13-11(9)12)10-6-4-3-5-7-10/h3-7,9H,8H2,1-2H3,(H2,12,13)/q+1. The van der Waals surface area contributed by atoms with Gasteiger partial charge in [0.25, 0.3) is 0 Å². The predicted molar refractivity (Wildman–Crippen MR) is 59.8 cm³/mol. The Morgan fingerprint density at radius 1 is 1.36 bits per heavy atom. The fourth-order valence-corrected chi connectivity index (χ4v) is 1.93. The maximum atomic E-state index is 5.83. The van der Waals surface area contributed by atoms with Crippen LogP contribution in [0.5, 0.6) is 0 Å². The van der Waals surface area contributed by atoms with Crippen LogP contribution in [0.25, 0.3) is 0 Å². The molecule has 2 rings (SSSR count). The molecule has 0 fully saturated rings. The third kappa shape index (κ3) is 1.40. The van der Waals surface area contributed by atoms with Gasteiger partial charge in [-0.05, 0) is 6.92 Å². The Morgan fingerprint density at radius 2 is 2.00 bits per heavy atom. The van der Waals surface area contributed by atoms with Crippen molar-refractivity contribution >= 4 is 11.5 Å². The maximum absolute atomic E-state index is 5.83. The summed E-state index contributed by atoms with van der Waals surface area (Å²) < 4.78 is 0.577. The molecule has 1 heterocycles. The molecule has 0 aromatic heterocycles. The molecule has 2 unspecified atom stereocenters. The summed E-state index contributed by atoms with van der Waals surface area (Å²) >= 11 is 0. The van der Waals surface area contributed by atoms with Crippen molar-refractivity contribution in [2.45, 2.75) is 6.92 Å². The molecule has 14 heavy (non-hydrogen) atoms. The highest BCUT2D eigenvalue weighted by Crippen LogP contribution is 2.27. The van der Waals surface area contributed by atoms with Crippen LogP contribution in [-0.4, -0.2) is 19.4 Å². The number of para-hydroxylation sites is 1. The minimum Gasteiger partial charge on any atom is -0.382 e.